The van der Waals surface area contributed by atoms with Gasteiger partial charge in [-0.05, 0) is 11.6 Å². The van der Waals surface area contributed by atoms with Crippen LogP contribution in [0.5, 0.6) is 0 Å². The SMILES string of the molecule is CN1/C(=C/C(=O)Cn2cnc3c(cnn3C)c2=O)C(C)(C)c2ccccc21. The summed E-state index contributed by atoms with van der Waals surface area (Å²) in [7, 11) is 3.69. The van der Waals surface area contributed by atoms with E-state index in [1.807, 2.05) is 30.1 Å². The quantitative estimate of drug-likeness (QED) is 0.666. The number of likely N-dealkylation sites (N-methyl/N-ethyl adjacent to an activating group) is 1. The maximum absolute atomic E-state index is 12.7. The van der Waals surface area contributed by atoms with Crippen LogP contribution < -0.4 is 10.5 Å². The van der Waals surface area contributed by atoms with Crippen molar-refractivity contribution >= 4 is 22.5 Å². The van der Waals surface area contributed by atoms with E-state index in [2.05, 4.69) is 30.0 Å². The maximum Gasteiger partial charge on any atom is 0.264 e. The number of ketones is 1. The molecule has 0 bridgehead atoms. The number of para-hydroxylation sites is 1. The van der Waals surface area contributed by atoms with Gasteiger partial charge in [0, 0.05) is 37.0 Å². The molecule has 1 aromatic carbocycles. The van der Waals surface area contributed by atoms with Crippen LogP contribution in [0.1, 0.15) is 19.4 Å². The van der Waals surface area contributed by atoms with E-state index in [0.717, 1.165) is 11.4 Å². The van der Waals surface area contributed by atoms with Crippen LogP contribution >= 0.6 is 0 Å². The van der Waals surface area contributed by atoms with Crippen molar-refractivity contribution in [1.82, 2.24) is 19.3 Å². The highest BCUT2D eigenvalue weighted by molar-refractivity contribution is 5.92. The lowest BCUT2D eigenvalue weighted by Gasteiger charge is -2.24. The third kappa shape index (κ3) is 2.58. The van der Waals surface area contributed by atoms with Gasteiger partial charge in [-0.2, -0.15) is 5.10 Å². The Morgan fingerprint density at radius 1 is 1.22 bits per heavy atom. The van der Waals surface area contributed by atoms with Gasteiger partial charge in [-0.15, -0.1) is 0 Å². The number of anilines is 1. The average molecular weight is 363 g/mol. The Kier molecular flexibility index (Phi) is 3.76. The summed E-state index contributed by atoms with van der Waals surface area (Å²) in [5.41, 5.74) is 3.16. The van der Waals surface area contributed by atoms with Crippen molar-refractivity contribution in [2.75, 3.05) is 11.9 Å². The summed E-state index contributed by atoms with van der Waals surface area (Å²) < 4.78 is 2.87. The van der Waals surface area contributed by atoms with Crippen molar-refractivity contribution in [3.63, 3.8) is 0 Å². The Hall–Kier alpha value is -3.22. The Bertz CT molecular complexity index is 1150. The molecule has 0 fully saturated rings. The monoisotopic (exact) mass is 363 g/mol. The molecular formula is C20H21N5O2. The number of allylic oxidation sites excluding steroid dienone is 2. The first-order valence-corrected chi connectivity index (χ1v) is 8.76. The summed E-state index contributed by atoms with van der Waals surface area (Å²) in [4.78, 5) is 31.6. The van der Waals surface area contributed by atoms with Crippen molar-refractivity contribution in [1.29, 1.82) is 0 Å². The van der Waals surface area contributed by atoms with E-state index in [-0.39, 0.29) is 23.3 Å². The number of hydrogen-bond donors (Lipinski definition) is 0. The first-order chi connectivity index (χ1) is 12.8. The lowest BCUT2D eigenvalue weighted by atomic mass is 9.83. The second-order valence-electron chi connectivity index (χ2n) is 7.38. The van der Waals surface area contributed by atoms with Crippen molar-refractivity contribution in [2.24, 2.45) is 7.05 Å². The van der Waals surface area contributed by atoms with Crippen LogP contribution in [0, 0.1) is 0 Å². The molecular weight excluding hydrogens is 342 g/mol. The number of benzene rings is 1. The van der Waals surface area contributed by atoms with Gasteiger partial charge >= 0.3 is 0 Å². The Balaban J connectivity index is 1.67. The molecule has 3 heterocycles. The maximum atomic E-state index is 12.7. The normalized spacial score (nSPS) is 16.9. The topological polar surface area (TPSA) is 73.0 Å². The number of carbonyl (C=O) groups is 1. The van der Waals surface area contributed by atoms with Crippen molar-refractivity contribution in [2.45, 2.75) is 25.8 Å². The first kappa shape index (κ1) is 17.2. The highest BCUT2D eigenvalue weighted by Gasteiger charge is 2.38. The molecule has 7 heteroatoms. The standard InChI is InChI=1S/C20H21N5O2/c1-20(2)15-7-5-6-8-16(15)23(3)17(20)9-13(26)11-25-12-21-18-14(19(25)27)10-22-24(18)4/h5-10,12H,11H2,1-4H3/b17-9+. The fourth-order valence-electron chi connectivity index (χ4n) is 3.80. The van der Waals surface area contributed by atoms with E-state index in [4.69, 9.17) is 0 Å². The Labute approximate surface area is 156 Å². The van der Waals surface area contributed by atoms with E-state index in [9.17, 15) is 9.59 Å². The van der Waals surface area contributed by atoms with Crippen molar-refractivity contribution in [3.8, 4) is 0 Å². The zero-order chi connectivity index (χ0) is 19.3. The molecule has 2 aromatic heterocycles. The number of aromatic nitrogens is 4. The lowest BCUT2D eigenvalue weighted by Crippen LogP contribution is -2.27. The molecule has 0 saturated heterocycles. The molecule has 0 N–H and O–H groups in total. The highest BCUT2D eigenvalue weighted by Crippen LogP contribution is 2.46. The fraction of sp³-hybridized carbons (Fsp3) is 0.300. The molecule has 0 aliphatic carbocycles. The molecule has 4 rings (SSSR count). The molecule has 138 valence electrons. The van der Waals surface area contributed by atoms with Gasteiger partial charge in [0.05, 0.1) is 12.7 Å². The van der Waals surface area contributed by atoms with Gasteiger partial charge in [-0.1, -0.05) is 32.0 Å². The average Bonchev–Trinajstić information content (AvgIpc) is 3.10. The summed E-state index contributed by atoms with van der Waals surface area (Å²) in [6, 6.07) is 8.13. The summed E-state index contributed by atoms with van der Waals surface area (Å²) in [6.45, 7) is 4.15. The van der Waals surface area contributed by atoms with Gasteiger partial charge in [0.25, 0.3) is 5.56 Å². The second kappa shape index (κ2) is 5.90. The number of rotatable bonds is 3. The third-order valence-corrected chi connectivity index (χ3v) is 5.28. The van der Waals surface area contributed by atoms with Crippen LogP contribution in [0.3, 0.4) is 0 Å². The smallest absolute Gasteiger partial charge is 0.264 e. The van der Waals surface area contributed by atoms with Gasteiger partial charge in [0.1, 0.15) is 11.7 Å². The zero-order valence-corrected chi connectivity index (χ0v) is 15.8. The molecule has 0 spiro atoms. The fourth-order valence-corrected chi connectivity index (χ4v) is 3.80. The predicted molar refractivity (Wildman–Crippen MR) is 104 cm³/mol. The summed E-state index contributed by atoms with van der Waals surface area (Å²) in [5, 5.41) is 4.46. The van der Waals surface area contributed by atoms with Gasteiger partial charge in [-0.25, -0.2) is 4.98 Å². The van der Waals surface area contributed by atoms with Gasteiger partial charge < -0.3 is 4.90 Å². The first-order valence-electron chi connectivity index (χ1n) is 8.76. The molecule has 1 aliphatic rings. The molecule has 7 nitrogen and oxygen atoms in total. The molecule has 0 unspecified atom stereocenters. The minimum Gasteiger partial charge on any atom is -0.347 e. The molecule has 0 radical (unpaired) electrons. The molecule has 3 aromatic rings. The van der Waals surface area contributed by atoms with E-state index >= 15 is 0 Å². The van der Waals surface area contributed by atoms with Crippen LogP contribution in [0.2, 0.25) is 0 Å². The minimum atomic E-state index is -0.280. The highest BCUT2D eigenvalue weighted by atomic mass is 16.1. The number of carbonyl (C=O) groups excluding carboxylic acids is 1. The van der Waals surface area contributed by atoms with E-state index < -0.39 is 0 Å². The van der Waals surface area contributed by atoms with Crippen LogP contribution in [-0.2, 0) is 23.8 Å². The largest absolute Gasteiger partial charge is 0.347 e. The Morgan fingerprint density at radius 2 is 1.96 bits per heavy atom. The number of aryl methyl sites for hydroxylation is 1. The second-order valence-corrected chi connectivity index (χ2v) is 7.38. The van der Waals surface area contributed by atoms with E-state index in [0.29, 0.717) is 11.0 Å². The zero-order valence-electron chi connectivity index (χ0n) is 15.8. The third-order valence-electron chi connectivity index (χ3n) is 5.28. The summed E-state index contributed by atoms with van der Waals surface area (Å²) in [6.07, 6.45) is 4.52. The summed E-state index contributed by atoms with van der Waals surface area (Å²) in [5.74, 6) is -0.148. The number of nitrogens with zero attached hydrogens (tertiary/aromatic N) is 5. The van der Waals surface area contributed by atoms with E-state index in [1.54, 1.807) is 13.1 Å². The molecule has 0 atom stereocenters. The molecule has 1 aliphatic heterocycles. The van der Waals surface area contributed by atoms with Gasteiger partial charge in [0.15, 0.2) is 11.4 Å². The molecule has 27 heavy (non-hydrogen) atoms. The Morgan fingerprint density at radius 3 is 2.70 bits per heavy atom. The van der Waals surface area contributed by atoms with Crippen molar-refractivity contribution in [3.05, 3.63) is 64.5 Å². The van der Waals surface area contributed by atoms with Crippen LogP contribution in [0.4, 0.5) is 5.69 Å². The lowest BCUT2D eigenvalue weighted by molar-refractivity contribution is -0.115. The number of fused-ring (bicyclic) bond motifs is 2. The minimum absolute atomic E-state index is 0.0551. The summed E-state index contributed by atoms with van der Waals surface area (Å²) >= 11 is 0. The van der Waals surface area contributed by atoms with Crippen LogP contribution in [0.25, 0.3) is 11.0 Å². The number of hydrogen-bond acceptors (Lipinski definition) is 5. The van der Waals surface area contributed by atoms with Crippen molar-refractivity contribution < 1.29 is 4.79 Å². The van der Waals surface area contributed by atoms with Crippen LogP contribution in [0.15, 0.2) is 53.4 Å². The molecule has 0 saturated carbocycles. The molecule has 0 amide bonds. The van der Waals surface area contributed by atoms with E-state index in [1.165, 1.54) is 27.3 Å². The van der Waals surface area contributed by atoms with Crippen LogP contribution in [-0.4, -0.2) is 32.2 Å². The van der Waals surface area contributed by atoms with Gasteiger partial charge in [-0.3, -0.25) is 18.8 Å². The van der Waals surface area contributed by atoms with Gasteiger partial charge in [0.2, 0.25) is 0 Å². The predicted octanol–water partition coefficient (Wildman–Crippen LogP) is 2.01.